The third-order valence-corrected chi connectivity index (χ3v) is 5.46. The SMILES string of the molecule is NCCc1c[nH]c2ccc(OCCN3CCN(c4ccc(N)cc4)CC3)cc12. The molecule has 1 aromatic heterocycles. The number of aromatic nitrogens is 1. The molecule has 0 spiro atoms. The van der Waals surface area contributed by atoms with E-state index in [4.69, 9.17) is 16.2 Å². The number of fused-ring (bicyclic) bond motifs is 1. The number of hydrogen-bond donors (Lipinski definition) is 3. The van der Waals surface area contributed by atoms with Crippen LogP contribution in [0.5, 0.6) is 5.75 Å². The highest BCUT2D eigenvalue weighted by molar-refractivity contribution is 5.84. The molecular formula is C22H29N5O. The molecule has 148 valence electrons. The number of nitrogens with one attached hydrogen (secondary N) is 1. The summed E-state index contributed by atoms with van der Waals surface area (Å²) >= 11 is 0. The molecule has 1 aliphatic heterocycles. The van der Waals surface area contributed by atoms with Crippen molar-refractivity contribution in [3.8, 4) is 5.75 Å². The van der Waals surface area contributed by atoms with Crippen molar-refractivity contribution in [3.05, 3.63) is 54.2 Å². The van der Waals surface area contributed by atoms with E-state index in [9.17, 15) is 0 Å². The molecule has 6 nitrogen and oxygen atoms in total. The molecule has 0 atom stereocenters. The number of rotatable bonds is 7. The smallest absolute Gasteiger partial charge is 0.120 e. The van der Waals surface area contributed by atoms with Gasteiger partial charge in [0, 0.05) is 61.2 Å². The highest BCUT2D eigenvalue weighted by Crippen LogP contribution is 2.24. The van der Waals surface area contributed by atoms with Crippen LogP contribution in [0.1, 0.15) is 5.56 Å². The minimum absolute atomic E-state index is 0.653. The number of benzene rings is 2. The van der Waals surface area contributed by atoms with Crippen molar-refractivity contribution < 1.29 is 4.74 Å². The van der Waals surface area contributed by atoms with Crippen LogP contribution in [-0.4, -0.2) is 55.8 Å². The molecule has 0 unspecified atom stereocenters. The first-order chi connectivity index (χ1) is 13.7. The molecular weight excluding hydrogens is 350 g/mol. The lowest BCUT2D eigenvalue weighted by Crippen LogP contribution is -2.47. The van der Waals surface area contributed by atoms with Crippen molar-refractivity contribution in [2.24, 2.45) is 5.73 Å². The van der Waals surface area contributed by atoms with Gasteiger partial charge in [0.2, 0.25) is 0 Å². The molecule has 0 saturated carbocycles. The summed E-state index contributed by atoms with van der Waals surface area (Å²) < 4.78 is 6.03. The summed E-state index contributed by atoms with van der Waals surface area (Å²) in [7, 11) is 0. The molecule has 2 heterocycles. The first-order valence-corrected chi connectivity index (χ1v) is 9.98. The minimum Gasteiger partial charge on any atom is -0.492 e. The summed E-state index contributed by atoms with van der Waals surface area (Å²) in [6.07, 6.45) is 2.92. The van der Waals surface area contributed by atoms with Gasteiger partial charge in [-0.05, 0) is 61.0 Å². The zero-order valence-electron chi connectivity index (χ0n) is 16.2. The van der Waals surface area contributed by atoms with E-state index in [1.165, 1.54) is 16.6 Å². The van der Waals surface area contributed by atoms with Gasteiger partial charge < -0.3 is 26.1 Å². The van der Waals surface area contributed by atoms with Gasteiger partial charge in [-0.15, -0.1) is 0 Å². The molecule has 1 aliphatic rings. The maximum atomic E-state index is 6.03. The second-order valence-corrected chi connectivity index (χ2v) is 7.33. The van der Waals surface area contributed by atoms with Crippen LogP contribution in [0.25, 0.3) is 10.9 Å². The average Bonchev–Trinajstić information content (AvgIpc) is 3.12. The molecule has 4 rings (SSSR count). The zero-order chi connectivity index (χ0) is 19.3. The molecule has 1 fully saturated rings. The maximum Gasteiger partial charge on any atom is 0.120 e. The van der Waals surface area contributed by atoms with Gasteiger partial charge in [0.1, 0.15) is 12.4 Å². The van der Waals surface area contributed by atoms with Crippen LogP contribution in [0.2, 0.25) is 0 Å². The fourth-order valence-electron chi connectivity index (χ4n) is 3.82. The summed E-state index contributed by atoms with van der Waals surface area (Å²) in [4.78, 5) is 8.17. The number of nitrogens with zero attached hydrogens (tertiary/aromatic N) is 2. The summed E-state index contributed by atoms with van der Waals surface area (Å²) in [5.74, 6) is 0.922. The van der Waals surface area contributed by atoms with Crippen LogP contribution in [0.15, 0.2) is 48.7 Å². The summed E-state index contributed by atoms with van der Waals surface area (Å²) in [5, 5.41) is 1.21. The van der Waals surface area contributed by atoms with E-state index >= 15 is 0 Å². The third kappa shape index (κ3) is 4.24. The molecule has 2 aromatic carbocycles. The van der Waals surface area contributed by atoms with E-state index < -0.39 is 0 Å². The summed E-state index contributed by atoms with van der Waals surface area (Å²) in [6.45, 7) is 6.45. The lowest BCUT2D eigenvalue weighted by molar-refractivity contribution is 0.200. The van der Waals surface area contributed by atoms with E-state index in [2.05, 4.69) is 39.0 Å². The van der Waals surface area contributed by atoms with E-state index in [1.54, 1.807) is 0 Å². The topological polar surface area (TPSA) is 83.5 Å². The van der Waals surface area contributed by atoms with Crippen molar-refractivity contribution in [3.63, 3.8) is 0 Å². The van der Waals surface area contributed by atoms with Gasteiger partial charge in [0.15, 0.2) is 0 Å². The van der Waals surface area contributed by atoms with E-state index in [0.29, 0.717) is 13.2 Å². The van der Waals surface area contributed by atoms with Crippen molar-refractivity contribution >= 4 is 22.3 Å². The van der Waals surface area contributed by atoms with Gasteiger partial charge >= 0.3 is 0 Å². The van der Waals surface area contributed by atoms with Crippen LogP contribution in [0, 0.1) is 0 Å². The Hall–Kier alpha value is -2.70. The Morgan fingerprint density at radius 1 is 1.00 bits per heavy atom. The largest absolute Gasteiger partial charge is 0.492 e. The Morgan fingerprint density at radius 3 is 2.54 bits per heavy atom. The minimum atomic E-state index is 0.653. The standard InChI is InChI=1S/C22H29N5O/c23-8-7-17-16-25-22-6-5-20(15-21(17)22)28-14-13-26-9-11-27(12-10-26)19-3-1-18(24)2-4-19/h1-6,15-16,25H,7-14,23-24H2. The summed E-state index contributed by atoms with van der Waals surface area (Å²) in [5.41, 5.74) is 15.9. The molecule has 28 heavy (non-hydrogen) atoms. The van der Waals surface area contributed by atoms with Crippen LogP contribution < -0.4 is 21.1 Å². The molecule has 0 bridgehead atoms. The van der Waals surface area contributed by atoms with Crippen LogP contribution in [-0.2, 0) is 6.42 Å². The molecule has 0 aliphatic carbocycles. The van der Waals surface area contributed by atoms with Crippen molar-refractivity contribution in [2.45, 2.75) is 6.42 Å². The molecule has 0 amide bonds. The monoisotopic (exact) mass is 379 g/mol. The molecule has 1 saturated heterocycles. The van der Waals surface area contributed by atoms with Crippen molar-refractivity contribution in [1.82, 2.24) is 9.88 Å². The summed E-state index contributed by atoms with van der Waals surface area (Å²) in [6, 6.07) is 14.4. The van der Waals surface area contributed by atoms with Gasteiger partial charge in [-0.1, -0.05) is 0 Å². The first kappa shape index (κ1) is 18.7. The highest BCUT2D eigenvalue weighted by atomic mass is 16.5. The third-order valence-electron chi connectivity index (χ3n) is 5.46. The van der Waals surface area contributed by atoms with Gasteiger partial charge in [0.05, 0.1) is 0 Å². The lowest BCUT2D eigenvalue weighted by Gasteiger charge is -2.36. The Bertz CT molecular complexity index is 897. The van der Waals surface area contributed by atoms with Crippen LogP contribution in [0.4, 0.5) is 11.4 Å². The van der Waals surface area contributed by atoms with Gasteiger partial charge in [-0.3, -0.25) is 4.90 Å². The Morgan fingerprint density at radius 2 is 1.79 bits per heavy atom. The molecule has 5 N–H and O–H groups in total. The number of hydrogen-bond acceptors (Lipinski definition) is 5. The molecule has 6 heteroatoms. The number of nitrogens with two attached hydrogens (primary N) is 2. The quantitative estimate of drug-likeness (QED) is 0.549. The number of ether oxygens (including phenoxy) is 1. The zero-order valence-corrected chi connectivity index (χ0v) is 16.2. The second-order valence-electron chi connectivity index (χ2n) is 7.33. The van der Waals surface area contributed by atoms with Crippen LogP contribution >= 0.6 is 0 Å². The number of aromatic amines is 1. The maximum absolute atomic E-state index is 6.03. The highest BCUT2D eigenvalue weighted by Gasteiger charge is 2.17. The fourth-order valence-corrected chi connectivity index (χ4v) is 3.82. The van der Waals surface area contributed by atoms with Gasteiger partial charge in [0.25, 0.3) is 0 Å². The Kier molecular flexibility index (Phi) is 5.69. The number of H-pyrrole nitrogens is 1. The number of anilines is 2. The molecule has 0 radical (unpaired) electrons. The van der Waals surface area contributed by atoms with Crippen LogP contribution in [0.3, 0.4) is 0 Å². The molecule has 3 aromatic rings. The number of piperazine rings is 1. The predicted octanol–water partition coefficient (Wildman–Crippen LogP) is 2.45. The first-order valence-electron chi connectivity index (χ1n) is 9.98. The normalized spacial score (nSPS) is 15.2. The van der Waals surface area contributed by atoms with E-state index in [0.717, 1.165) is 56.1 Å². The predicted molar refractivity (Wildman–Crippen MR) is 116 cm³/mol. The van der Waals surface area contributed by atoms with E-state index in [1.807, 2.05) is 24.4 Å². The van der Waals surface area contributed by atoms with Crippen molar-refractivity contribution in [2.75, 3.05) is 56.5 Å². The van der Waals surface area contributed by atoms with Crippen molar-refractivity contribution in [1.29, 1.82) is 0 Å². The van der Waals surface area contributed by atoms with E-state index in [-0.39, 0.29) is 0 Å². The average molecular weight is 380 g/mol. The Balaban J connectivity index is 1.26. The lowest BCUT2D eigenvalue weighted by atomic mass is 10.1. The second kappa shape index (κ2) is 8.54. The van der Waals surface area contributed by atoms with Gasteiger partial charge in [-0.25, -0.2) is 0 Å². The number of nitrogen functional groups attached to an aromatic ring is 1. The Labute approximate surface area is 166 Å². The fraction of sp³-hybridized carbons (Fsp3) is 0.364. The van der Waals surface area contributed by atoms with Gasteiger partial charge in [-0.2, -0.15) is 0 Å².